The molecule has 1 aliphatic carbocycles. The van der Waals surface area contributed by atoms with E-state index in [2.05, 4.69) is 20.5 Å². The topological polar surface area (TPSA) is 69.2 Å². The first kappa shape index (κ1) is 23.7. The Morgan fingerprint density at radius 2 is 2.07 bits per heavy atom. The summed E-state index contributed by atoms with van der Waals surface area (Å²) in [5.74, 6) is 1.63. The van der Waals surface area contributed by atoms with E-state index in [-0.39, 0.29) is 30.0 Å². The van der Waals surface area contributed by atoms with E-state index in [9.17, 15) is 4.79 Å². The molecule has 1 saturated carbocycles. The number of nitrogens with zero attached hydrogens (tertiary/aromatic N) is 3. The van der Waals surface area contributed by atoms with Crippen molar-refractivity contribution in [2.24, 2.45) is 10.9 Å². The van der Waals surface area contributed by atoms with Gasteiger partial charge in [0.25, 0.3) is 0 Å². The van der Waals surface area contributed by atoms with Crippen LogP contribution < -0.4 is 10.6 Å². The van der Waals surface area contributed by atoms with Crippen LogP contribution in [0.15, 0.2) is 29.3 Å². The van der Waals surface area contributed by atoms with Crippen molar-refractivity contribution in [1.82, 2.24) is 15.1 Å². The number of ether oxygens (including phenoxy) is 1. The fourth-order valence-corrected chi connectivity index (χ4v) is 3.29. The van der Waals surface area contributed by atoms with Gasteiger partial charge in [-0.3, -0.25) is 4.99 Å². The molecule has 7 nitrogen and oxygen atoms in total. The van der Waals surface area contributed by atoms with Crippen LogP contribution in [0.1, 0.15) is 31.2 Å². The summed E-state index contributed by atoms with van der Waals surface area (Å²) in [6.45, 7) is 4.74. The molecule has 2 fully saturated rings. The van der Waals surface area contributed by atoms with Gasteiger partial charge < -0.3 is 25.2 Å². The van der Waals surface area contributed by atoms with Crippen LogP contribution >= 0.6 is 24.0 Å². The Morgan fingerprint density at radius 3 is 2.76 bits per heavy atom. The molecule has 0 spiro atoms. The molecule has 0 bridgehead atoms. The zero-order chi connectivity index (χ0) is 19.8. The monoisotopic (exact) mass is 515 g/mol. The van der Waals surface area contributed by atoms with Gasteiger partial charge >= 0.3 is 6.03 Å². The number of halogens is 1. The SMILES string of the molecule is CN=C(NCc1cccc(NC(=O)N2CCCC2)c1)N(C)CCOCC1CC1.I. The maximum absolute atomic E-state index is 12.3. The minimum atomic E-state index is -0.00986. The summed E-state index contributed by atoms with van der Waals surface area (Å²) in [5.41, 5.74) is 1.92. The first-order valence-electron chi connectivity index (χ1n) is 10.3. The average Bonchev–Trinajstić information content (AvgIpc) is 3.35. The zero-order valence-corrected chi connectivity index (χ0v) is 19.9. The summed E-state index contributed by atoms with van der Waals surface area (Å²) in [7, 11) is 3.80. The average molecular weight is 515 g/mol. The first-order valence-corrected chi connectivity index (χ1v) is 10.3. The van der Waals surface area contributed by atoms with E-state index < -0.39 is 0 Å². The van der Waals surface area contributed by atoms with E-state index >= 15 is 0 Å². The highest BCUT2D eigenvalue weighted by atomic mass is 127. The van der Waals surface area contributed by atoms with Crippen molar-refractivity contribution < 1.29 is 9.53 Å². The number of likely N-dealkylation sites (N-methyl/N-ethyl adjacent to an activating group) is 1. The number of hydrogen-bond acceptors (Lipinski definition) is 3. The molecule has 2 N–H and O–H groups in total. The molecular weight excluding hydrogens is 481 g/mol. The fourth-order valence-electron chi connectivity index (χ4n) is 3.29. The van der Waals surface area contributed by atoms with Crippen molar-refractivity contribution in [3.05, 3.63) is 29.8 Å². The van der Waals surface area contributed by atoms with Gasteiger partial charge in [-0.1, -0.05) is 12.1 Å². The van der Waals surface area contributed by atoms with E-state index in [4.69, 9.17) is 4.74 Å². The number of carbonyl (C=O) groups excluding carboxylic acids is 1. The van der Waals surface area contributed by atoms with Gasteiger partial charge in [-0.2, -0.15) is 0 Å². The Balaban J connectivity index is 0.00000300. The highest BCUT2D eigenvalue weighted by Crippen LogP contribution is 2.28. The van der Waals surface area contributed by atoms with Crippen LogP contribution in [0.5, 0.6) is 0 Å². The van der Waals surface area contributed by atoms with E-state index in [0.29, 0.717) is 13.2 Å². The normalized spacial score (nSPS) is 16.3. The molecule has 0 aromatic heterocycles. The fraction of sp³-hybridized carbons (Fsp3) is 0.619. The summed E-state index contributed by atoms with van der Waals surface area (Å²) >= 11 is 0. The second-order valence-corrected chi connectivity index (χ2v) is 7.67. The molecule has 162 valence electrons. The molecule has 1 aromatic rings. The number of guanidine groups is 1. The van der Waals surface area contributed by atoms with Gasteiger partial charge in [0.2, 0.25) is 0 Å². The lowest BCUT2D eigenvalue weighted by molar-refractivity contribution is 0.115. The summed E-state index contributed by atoms with van der Waals surface area (Å²) in [4.78, 5) is 20.6. The molecular formula is C21H34IN5O2. The van der Waals surface area contributed by atoms with Gasteiger partial charge in [-0.15, -0.1) is 24.0 Å². The van der Waals surface area contributed by atoms with Gasteiger partial charge in [0.15, 0.2) is 5.96 Å². The van der Waals surface area contributed by atoms with Crippen LogP contribution in [-0.2, 0) is 11.3 Å². The molecule has 2 aliphatic rings. The highest BCUT2D eigenvalue weighted by Gasteiger charge is 2.21. The molecule has 0 atom stereocenters. The number of likely N-dealkylation sites (tertiary alicyclic amines) is 1. The maximum atomic E-state index is 12.3. The molecule has 3 rings (SSSR count). The van der Waals surface area contributed by atoms with Crippen molar-refractivity contribution in [3.8, 4) is 0 Å². The van der Waals surface area contributed by atoms with Gasteiger partial charge in [0.1, 0.15) is 0 Å². The number of benzene rings is 1. The van der Waals surface area contributed by atoms with Crippen molar-refractivity contribution in [2.45, 2.75) is 32.2 Å². The van der Waals surface area contributed by atoms with Gasteiger partial charge in [0, 0.05) is 52.6 Å². The molecule has 0 unspecified atom stereocenters. The van der Waals surface area contributed by atoms with Gasteiger partial charge in [-0.25, -0.2) is 4.79 Å². The Morgan fingerprint density at radius 1 is 1.31 bits per heavy atom. The minimum Gasteiger partial charge on any atom is -0.379 e. The Bertz CT molecular complexity index is 675. The second-order valence-electron chi connectivity index (χ2n) is 7.67. The van der Waals surface area contributed by atoms with Crippen LogP contribution in [0, 0.1) is 5.92 Å². The van der Waals surface area contributed by atoms with Crippen molar-refractivity contribution in [1.29, 1.82) is 0 Å². The Hall–Kier alpha value is -1.55. The largest absolute Gasteiger partial charge is 0.379 e. The zero-order valence-electron chi connectivity index (χ0n) is 17.5. The number of nitrogens with one attached hydrogen (secondary N) is 2. The Labute approximate surface area is 191 Å². The molecule has 1 saturated heterocycles. The van der Waals surface area contributed by atoms with Crippen molar-refractivity contribution in [3.63, 3.8) is 0 Å². The van der Waals surface area contributed by atoms with E-state index in [1.807, 2.05) is 36.2 Å². The number of amides is 2. The maximum Gasteiger partial charge on any atom is 0.321 e. The molecule has 1 heterocycles. The van der Waals surface area contributed by atoms with Crippen LogP contribution in [-0.4, -0.2) is 68.7 Å². The summed E-state index contributed by atoms with van der Waals surface area (Å²) in [6, 6.07) is 7.94. The second kappa shape index (κ2) is 12.2. The van der Waals surface area contributed by atoms with E-state index in [0.717, 1.165) is 62.2 Å². The van der Waals surface area contributed by atoms with Crippen LogP contribution in [0.25, 0.3) is 0 Å². The Kier molecular flexibility index (Phi) is 9.99. The predicted molar refractivity (Wildman–Crippen MR) is 128 cm³/mol. The smallest absolute Gasteiger partial charge is 0.321 e. The van der Waals surface area contributed by atoms with Crippen LogP contribution in [0.3, 0.4) is 0 Å². The van der Waals surface area contributed by atoms with Gasteiger partial charge in [-0.05, 0) is 49.3 Å². The van der Waals surface area contributed by atoms with Crippen molar-refractivity contribution >= 4 is 41.7 Å². The van der Waals surface area contributed by atoms with Crippen molar-refractivity contribution in [2.75, 3.05) is 52.3 Å². The lowest BCUT2D eigenvalue weighted by Gasteiger charge is -2.22. The molecule has 1 aliphatic heterocycles. The third-order valence-corrected chi connectivity index (χ3v) is 5.22. The third kappa shape index (κ3) is 8.00. The summed E-state index contributed by atoms with van der Waals surface area (Å²) in [6.07, 6.45) is 4.82. The summed E-state index contributed by atoms with van der Waals surface area (Å²) < 4.78 is 5.71. The third-order valence-electron chi connectivity index (χ3n) is 5.22. The molecule has 8 heteroatoms. The predicted octanol–water partition coefficient (Wildman–Crippen LogP) is 3.37. The number of aliphatic imine (C=N–C) groups is 1. The number of rotatable bonds is 8. The number of carbonyl (C=O) groups is 1. The standard InChI is InChI=1S/C21H33N5O2.HI/c1-22-20(25(2)12-13-28-16-17-8-9-17)23-15-18-6-5-7-19(14-18)24-21(27)26-10-3-4-11-26;/h5-7,14,17H,3-4,8-13,15-16H2,1-2H3,(H,22,23)(H,24,27);1H. The molecule has 2 amide bonds. The number of hydrogen-bond donors (Lipinski definition) is 2. The van der Waals surface area contributed by atoms with E-state index in [1.54, 1.807) is 7.05 Å². The highest BCUT2D eigenvalue weighted by molar-refractivity contribution is 14.0. The molecule has 1 aromatic carbocycles. The molecule has 29 heavy (non-hydrogen) atoms. The lowest BCUT2D eigenvalue weighted by Crippen LogP contribution is -2.40. The first-order chi connectivity index (χ1) is 13.7. The number of anilines is 1. The minimum absolute atomic E-state index is 0. The summed E-state index contributed by atoms with van der Waals surface area (Å²) in [5, 5.41) is 6.38. The lowest BCUT2D eigenvalue weighted by atomic mass is 10.2. The van der Waals surface area contributed by atoms with Crippen LogP contribution in [0.4, 0.5) is 10.5 Å². The quantitative estimate of drug-likeness (QED) is 0.241. The van der Waals surface area contributed by atoms with E-state index in [1.165, 1.54) is 12.8 Å². The van der Waals surface area contributed by atoms with Gasteiger partial charge in [0.05, 0.1) is 6.61 Å². The molecule has 0 radical (unpaired) electrons. The van der Waals surface area contributed by atoms with Crippen LogP contribution in [0.2, 0.25) is 0 Å². The number of urea groups is 1.